The third-order valence-corrected chi connectivity index (χ3v) is 8.03. The monoisotopic (exact) mass is 452 g/mol. The second-order valence-corrected chi connectivity index (χ2v) is 10.00. The first-order chi connectivity index (χ1) is 16.8. The van der Waals surface area contributed by atoms with Gasteiger partial charge in [-0.15, -0.1) is 0 Å². The van der Waals surface area contributed by atoms with Crippen LogP contribution in [0.3, 0.4) is 0 Å². The summed E-state index contributed by atoms with van der Waals surface area (Å²) < 4.78 is 2.16. The topological polar surface area (TPSA) is 60.1 Å². The number of anilines is 2. The fraction of sp³-hybridized carbons (Fsp3) is 0.429. The first-order valence-electron chi connectivity index (χ1n) is 12.7. The molecule has 3 aromatic rings. The van der Waals surface area contributed by atoms with E-state index in [1.165, 1.54) is 37.1 Å². The van der Waals surface area contributed by atoms with Crippen molar-refractivity contribution in [2.45, 2.75) is 50.2 Å². The van der Waals surface area contributed by atoms with E-state index in [1.54, 1.807) is 0 Å². The molecule has 4 unspecified atom stereocenters. The lowest BCUT2D eigenvalue weighted by Gasteiger charge is -2.44. The molecule has 3 aliphatic rings. The summed E-state index contributed by atoms with van der Waals surface area (Å²) in [5, 5.41) is 13.3. The normalized spacial score (nSPS) is 26.8. The zero-order valence-electron chi connectivity index (χ0n) is 19.6. The van der Waals surface area contributed by atoms with Gasteiger partial charge in [0, 0.05) is 68.1 Å². The van der Waals surface area contributed by atoms with Crippen molar-refractivity contribution < 1.29 is 0 Å². The van der Waals surface area contributed by atoms with Gasteiger partial charge in [0.15, 0.2) is 0 Å². The molecule has 34 heavy (non-hydrogen) atoms. The van der Waals surface area contributed by atoms with E-state index in [-0.39, 0.29) is 0 Å². The van der Waals surface area contributed by atoms with Crippen molar-refractivity contribution in [1.29, 1.82) is 5.26 Å². The van der Waals surface area contributed by atoms with Gasteiger partial charge in [-0.05, 0) is 67.6 Å². The van der Waals surface area contributed by atoms with Crippen LogP contribution in [-0.2, 0) is 0 Å². The fourth-order valence-electron chi connectivity index (χ4n) is 6.26. The van der Waals surface area contributed by atoms with Crippen molar-refractivity contribution in [2.75, 3.05) is 29.4 Å². The predicted molar refractivity (Wildman–Crippen MR) is 135 cm³/mol. The first kappa shape index (κ1) is 21.2. The Kier molecular flexibility index (Phi) is 5.72. The summed E-state index contributed by atoms with van der Waals surface area (Å²) in [6.07, 6.45) is 12.5. The molecule has 4 atom stereocenters. The molecule has 1 saturated carbocycles. The molecule has 4 heterocycles. The van der Waals surface area contributed by atoms with E-state index >= 15 is 0 Å². The van der Waals surface area contributed by atoms with E-state index in [0.717, 1.165) is 37.4 Å². The molecule has 1 aliphatic carbocycles. The van der Waals surface area contributed by atoms with Crippen LogP contribution in [0, 0.1) is 17.2 Å². The van der Waals surface area contributed by atoms with Crippen LogP contribution in [0.5, 0.6) is 0 Å². The summed E-state index contributed by atoms with van der Waals surface area (Å²) in [5.41, 5.74) is 3.10. The second kappa shape index (κ2) is 9.15. The van der Waals surface area contributed by atoms with Crippen LogP contribution in [0.15, 0.2) is 67.1 Å². The van der Waals surface area contributed by atoms with Crippen LogP contribution in [0.2, 0.25) is 0 Å². The fourth-order valence-corrected chi connectivity index (χ4v) is 6.26. The van der Waals surface area contributed by atoms with E-state index < -0.39 is 0 Å². The van der Waals surface area contributed by atoms with Gasteiger partial charge < -0.3 is 19.7 Å². The van der Waals surface area contributed by atoms with Gasteiger partial charge >= 0.3 is 0 Å². The van der Waals surface area contributed by atoms with Crippen LogP contribution in [0.25, 0.3) is 5.69 Å². The standard InChI is InChI=1S/C28H32N6/c29-18-21-7-9-23(10-8-21)33-16-12-27-26(20-33)31-25-6-2-1-5-22(25)19-34(27)28-17-24(11-13-30-28)32-14-3-4-15-32/h3-4,7-11,13-15,17,22,25-27,31H,1-2,5-6,12,16,19-20H2. The van der Waals surface area contributed by atoms with Crippen molar-refractivity contribution in [3.05, 3.63) is 72.7 Å². The molecule has 0 spiro atoms. The molecule has 1 aromatic carbocycles. The quantitative estimate of drug-likeness (QED) is 0.640. The number of nitriles is 1. The smallest absolute Gasteiger partial charge is 0.130 e. The maximum absolute atomic E-state index is 9.17. The summed E-state index contributed by atoms with van der Waals surface area (Å²) in [4.78, 5) is 9.99. The summed E-state index contributed by atoms with van der Waals surface area (Å²) in [7, 11) is 0. The summed E-state index contributed by atoms with van der Waals surface area (Å²) >= 11 is 0. The average Bonchev–Trinajstić information content (AvgIpc) is 3.38. The largest absolute Gasteiger partial charge is 0.370 e. The summed E-state index contributed by atoms with van der Waals surface area (Å²) in [6, 6.07) is 20.2. The lowest BCUT2D eigenvalue weighted by Crippen LogP contribution is -2.59. The van der Waals surface area contributed by atoms with E-state index in [0.29, 0.717) is 24.0 Å². The zero-order chi connectivity index (χ0) is 22.9. The van der Waals surface area contributed by atoms with Crippen LogP contribution in [0.1, 0.15) is 37.7 Å². The lowest BCUT2D eigenvalue weighted by molar-refractivity contribution is 0.260. The molecule has 6 rings (SSSR count). The number of aromatic nitrogens is 2. The highest BCUT2D eigenvalue weighted by Crippen LogP contribution is 2.35. The van der Waals surface area contributed by atoms with Crippen LogP contribution in [0.4, 0.5) is 11.5 Å². The second-order valence-electron chi connectivity index (χ2n) is 10.00. The summed E-state index contributed by atoms with van der Waals surface area (Å²) in [5.74, 6) is 1.76. The zero-order valence-corrected chi connectivity index (χ0v) is 19.6. The van der Waals surface area contributed by atoms with Gasteiger partial charge in [-0.3, -0.25) is 0 Å². The van der Waals surface area contributed by atoms with Crippen LogP contribution in [-0.4, -0.2) is 47.3 Å². The number of piperidine rings is 1. The molecule has 0 amide bonds. The molecule has 2 saturated heterocycles. The van der Waals surface area contributed by atoms with Crippen molar-refractivity contribution in [3.63, 3.8) is 0 Å². The number of nitrogens with one attached hydrogen (secondary N) is 1. The highest BCUT2D eigenvalue weighted by atomic mass is 15.3. The van der Waals surface area contributed by atoms with Crippen LogP contribution < -0.4 is 15.1 Å². The van der Waals surface area contributed by atoms with E-state index in [1.807, 2.05) is 18.3 Å². The van der Waals surface area contributed by atoms with Crippen molar-refractivity contribution in [2.24, 2.45) is 5.92 Å². The van der Waals surface area contributed by atoms with Gasteiger partial charge in [-0.2, -0.15) is 5.26 Å². The minimum Gasteiger partial charge on any atom is -0.370 e. The van der Waals surface area contributed by atoms with Gasteiger partial charge in [0.2, 0.25) is 0 Å². The molecule has 1 N–H and O–H groups in total. The Morgan fingerprint density at radius 1 is 0.912 bits per heavy atom. The Hall–Kier alpha value is -3.30. The van der Waals surface area contributed by atoms with E-state index in [4.69, 9.17) is 10.2 Å². The Morgan fingerprint density at radius 3 is 2.56 bits per heavy atom. The van der Waals surface area contributed by atoms with E-state index in [2.05, 4.69) is 74.5 Å². The van der Waals surface area contributed by atoms with Gasteiger partial charge in [0.1, 0.15) is 5.82 Å². The molecule has 0 bridgehead atoms. The molecule has 6 nitrogen and oxygen atoms in total. The maximum Gasteiger partial charge on any atom is 0.130 e. The van der Waals surface area contributed by atoms with Gasteiger partial charge in [-0.25, -0.2) is 4.98 Å². The van der Waals surface area contributed by atoms with Gasteiger partial charge in [0.05, 0.1) is 17.3 Å². The molecule has 0 radical (unpaired) electrons. The SMILES string of the molecule is N#Cc1ccc(N2CCC3C(C2)NC2CCCCC2CN3c2cc(-n3cccc3)ccn2)cc1. The molecular formula is C28H32N6. The molecule has 174 valence electrons. The number of hydrogen-bond acceptors (Lipinski definition) is 5. The number of rotatable bonds is 3. The number of benzene rings is 1. The lowest BCUT2D eigenvalue weighted by atomic mass is 9.84. The van der Waals surface area contributed by atoms with Gasteiger partial charge in [-0.1, -0.05) is 12.8 Å². The van der Waals surface area contributed by atoms with Crippen molar-refractivity contribution in [3.8, 4) is 11.8 Å². The highest BCUT2D eigenvalue weighted by molar-refractivity contribution is 5.52. The molecule has 3 fully saturated rings. The Bertz CT molecular complexity index is 1150. The average molecular weight is 453 g/mol. The molecule has 6 heteroatoms. The first-order valence-corrected chi connectivity index (χ1v) is 12.7. The molecule has 2 aliphatic heterocycles. The Morgan fingerprint density at radius 2 is 1.74 bits per heavy atom. The number of pyridine rings is 1. The van der Waals surface area contributed by atoms with E-state index in [9.17, 15) is 0 Å². The van der Waals surface area contributed by atoms with Gasteiger partial charge in [0.25, 0.3) is 0 Å². The van der Waals surface area contributed by atoms with Crippen molar-refractivity contribution in [1.82, 2.24) is 14.9 Å². The number of fused-ring (bicyclic) bond motifs is 2. The Labute approximate surface area is 201 Å². The minimum absolute atomic E-state index is 0.384. The third kappa shape index (κ3) is 4.05. The van der Waals surface area contributed by atoms with Crippen molar-refractivity contribution >= 4 is 11.5 Å². The number of nitrogens with zero attached hydrogens (tertiary/aromatic N) is 5. The predicted octanol–water partition coefficient (Wildman–Crippen LogP) is 4.36. The number of hydrogen-bond donors (Lipinski definition) is 1. The highest BCUT2D eigenvalue weighted by Gasteiger charge is 2.41. The van der Waals surface area contributed by atoms with Crippen LogP contribution >= 0.6 is 0 Å². The molecule has 2 aromatic heterocycles. The minimum atomic E-state index is 0.384. The maximum atomic E-state index is 9.17. The molecular weight excluding hydrogens is 420 g/mol. The Balaban J connectivity index is 1.31. The third-order valence-electron chi connectivity index (χ3n) is 8.03. The summed E-state index contributed by atoms with van der Waals surface area (Å²) in [6.45, 7) is 3.07.